The number of benzene rings is 1. The van der Waals surface area contributed by atoms with E-state index in [1.54, 1.807) is 23.5 Å². The van der Waals surface area contributed by atoms with Crippen LogP contribution in [0.5, 0.6) is 0 Å². The molecule has 1 aromatic carbocycles. The molecule has 1 fully saturated rings. The Labute approximate surface area is 209 Å². The van der Waals surface area contributed by atoms with Crippen LogP contribution in [0.15, 0.2) is 45.2 Å². The molecule has 0 atom stereocenters. The summed E-state index contributed by atoms with van der Waals surface area (Å²) >= 11 is 5.09. The number of aromatic nitrogens is 1. The molecule has 0 radical (unpaired) electrons. The van der Waals surface area contributed by atoms with Gasteiger partial charge in [0.15, 0.2) is 0 Å². The second-order valence-electron chi connectivity index (χ2n) is 8.18. The van der Waals surface area contributed by atoms with Crippen LogP contribution in [0, 0.1) is 6.92 Å². The number of pyridine rings is 1. The van der Waals surface area contributed by atoms with Crippen LogP contribution in [-0.2, 0) is 11.2 Å². The van der Waals surface area contributed by atoms with Crippen LogP contribution in [0.2, 0.25) is 0 Å². The molecule has 6 nitrogen and oxygen atoms in total. The number of anilines is 1. The SMILES string of the molecule is CSc1cc(C)nc(SC)c1NC(=O)CN1CCN(CCSC2=Nc3ccccc3C2)CC1. The molecule has 2 aliphatic heterocycles. The summed E-state index contributed by atoms with van der Waals surface area (Å²) in [4.78, 5) is 27.9. The number of rotatable bonds is 8. The van der Waals surface area contributed by atoms with Crippen molar-refractivity contribution in [3.05, 3.63) is 41.6 Å². The number of carbonyl (C=O) groups excluding carboxylic acids is 1. The molecule has 176 valence electrons. The largest absolute Gasteiger partial charge is 0.322 e. The maximum absolute atomic E-state index is 12.8. The minimum atomic E-state index is 0.0362. The second-order valence-corrected chi connectivity index (χ2v) is 11.0. The van der Waals surface area contributed by atoms with Crippen LogP contribution in [0.4, 0.5) is 11.4 Å². The van der Waals surface area contributed by atoms with Crippen molar-refractivity contribution in [3.63, 3.8) is 0 Å². The summed E-state index contributed by atoms with van der Waals surface area (Å²) in [5.41, 5.74) is 4.28. The van der Waals surface area contributed by atoms with E-state index in [1.807, 2.05) is 37.3 Å². The van der Waals surface area contributed by atoms with Crippen molar-refractivity contribution in [2.24, 2.45) is 4.99 Å². The van der Waals surface area contributed by atoms with Gasteiger partial charge in [-0.15, -0.1) is 35.3 Å². The number of para-hydroxylation sites is 1. The van der Waals surface area contributed by atoms with E-state index < -0.39 is 0 Å². The topological polar surface area (TPSA) is 60.8 Å². The second kappa shape index (κ2) is 11.8. The Bertz CT molecular complexity index is 996. The van der Waals surface area contributed by atoms with Gasteiger partial charge in [0.25, 0.3) is 0 Å². The van der Waals surface area contributed by atoms with E-state index in [1.165, 1.54) is 10.6 Å². The number of thioether (sulfide) groups is 3. The fourth-order valence-electron chi connectivity index (χ4n) is 4.07. The molecule has 0 spiro atoms. The van der Waals surface area contributed by atoms with Crippen LogP contribution in [0.25, 0.3) is 0 Å². The molecule has 2 aliphatic rings. The third-order valence-corrected chi connectivity index (χ3v) is 8.24. The third kappa shape index (κ3) is 6.54. The number of aliphatic imine (C=N–C) groups is 1. The maximum atomic E-state index is 12.8. The van der Waals surface area contributed by atoms with Gasteiger partial charge in [-0.2, -0.15) is 0 Å². The summed E-state index contributed by atoms with van der Waals surface area (Å²) < 4.78 is 0. The van der Waals surface area contributed by atoms with E-state index in [4.69, 9.17) is 4.99 Å². The first kappa shape index (κ1) is 24.6. The van der Waals surface area contributed by atoms with Crippen LogP contribution in [0.1, 0.15) is 11.3 Å². The van der Waals surface area contributed by atoms with Crippen molar-refractivity contribution in [1.29, 1.82) is 0 Å². The van der Waals surface area contributed by atoms with Gasteiger partial charge in [-0.05, 0) is 37.1 Å². The van der Waals surface area contributed by atoms with Crippen LogP contribution in [-0.4, -0.2) is 83.3 Å². The molecule has 33 heavy (non-hydrogen) atoms. The van der Waals surface area contributed by atoms with Crippen molar-refractivity contribution in [3.8, 4) is 0 Å². The predicted molar refractivity (Wildman–Crippen MR) is 144 cm³/mol. The van der Waals surface area contributed by atoms with Crippen molar-refractivity contribution in [2.75, 3.05) is 62.8 Å². The Morgan fingerprint density at radius 2 is 1.85 bits per heavy atom. The summed E-state index contributed by atoms with van der Waals surface area (Å²) in [5.74, 6) is 1.09. The Kier molecular flexibility index (Phi) is 8.76. The van der Waals surface area contributed by atoms with Gasteiger partial charge in [-0.3, -0.25) is 14.6 Å². The lowest BCUT2D eigenvalue weighted by molar-refractivity contribution is -0.117. The third-order valence-electron chi connectivity index (χ3n) is 5.84. The lowest BCUT2D eigenvalue weighted by Gasteiger charge is -2.34. The zero-order chi connectivity index (χ0) is 23.2. The Morgan fingerprint density at radius 1 is 1.09 bits per heavy atom. The minimum absolute atomic E-state index is 0.0362. The molecule has 3 heterocycles. The van der Waals surface area contributed by atoms with Crippen molar-refractivity contribution < 1.29 is 4.79 Å². The van der Waals surface area contributed by atoms with E-state index in [0.29, 0.717) is 6.54 Å². The highest BCUT2D eigenvalue weighted by atomic mass is 32.2. The fraction of sp³-hybridized carbons (Fsp3) is 0.458. The molecule has 0 bridgehead atoms. The fourth-order valence-corrected chi connectivity index (χ4v) is 6.39. The Hall–Kier alpha value is -1.52. The molecule has 4 rings (SSSR count). The summed E-state index contributed by atoms with van der Waals surface area (Å²) in [5, 5.41) is 5.23. The molecule has 1 saturated heterocycles. The summed E-state index contributed by atoms with van der Waals surface area (Å²) in [7, 11) is 0. The van der Waals surface area contributed by atoms with Gasteiger partial charge < -0.3 is 5.32 Å². The number of carbonyl (C=O) groups is 1. The lowest BCUT2D eigenvalue weighted by Crippen LogP contribution is -2.49. The van der Waals surface area contributed by atoms with Gasteiger partial charge in [0.05, 0.1) is 23.0 Å². The van der Waals surface area contributed by atoms with Gasteiger partial charge in [0.2, 0.25) is 5.91 Å². The molecule has 1 aromatic heterocycles. The van der Waals surface area contributed by atoms with E-state index in [-0.39, 0.29) is 5.91 Å². The average Bonchev–Trinajstić information content (AvgIpc) is 3.23. The van der Waals surface area contributed by atoms with E-state index >= 15 is 0 Å². The quantitative estimate of drug-likeness (QED) is 0.538. The van der Waals surface area contributed by atoms with Gasteiger partial charge in [-0.1, -0.05) is 18.2 Å². The molecule has 0 saturated carbocycles. The number of amides is 1. The van der Waals surface area contributed by atoms with Crippen molar-refractivity contribution in [1.82, 2.24) is 14.8 Å². The highest BCUT2D eigenvalue weighted by Gasteiger charge is 2.21. The minimum Gasteiger partial charge on any atom is -0.322 e. The molecular formula is C24H31N5OS3. The highest BCUT2D eigenvalue weighted by molar-refractivity contribution is 8.14. The molecule has 1 N–H and O–H groups in total. The van der Waals surface area contributed by atoms with E-state index in [0.717, 1.165) is 71.9 Å². The number of aryl methyl sites for hydroxylation is 1. The van der Waals surface area contributed by atoms with Crippen molar-refractivity contribution in [2.45, 2.75) is 23.3 Å². The molecule has 9 heteroatoms. The van der Waals surface area contributed by atoms with Crippen LogP contribution in [0.3, 0.4) is 0 Å². The van der Waals surface area contributed by atoms with Gasteiger partial charge in [0.1, 0.15) is 5.03 Å². The first-order chi connectivity index (χ1) is 16.1. The number of hydrogen-bond acceptors (Lipinski definition) is 8. The molecular weight excluding hydrogens is 470 g/mol. The molecule has 0 unspecified atom stereocenters. The number of fused-ring (bicyclic) bond motifs is 1. The number of nitrogens with one attached hydrogen (secondary N) is 1. The Balaban J connectivity index is 1.19. The number of piperazine rings is 1. The van der Waals surface area contributed by atoms with Gasteiger partial charge >= 0.3 is 0 Å². The first-order valence-electron chi connectivity index (χ1n) is 11.2. The summed E-state index contributed by atoms with van der Waals surface area (Å²) in [6.07, 6.45) is 5.00. The lowest BCUT2D eigenvalue weighted by atomic mass is 10.2. The maximum Gasteiger partial charge on any atom is 0.238 e. The molecule has 0 aliphatic carbocycles. The zero-order valence-corrected chi connectivity index (χ0v) is 21.9. The highest BCUT2D eigenvalue weighted by Crippen LogP contribution is 2.33. The van der Waals surface area contributed by atoms with Crippen LogP contribution < -0.4 is 5.32 Å². The van der Waals surface area contributed by atoms with E-state index in [2.05, 4.69) is 44.4 Å². The standard InChI is InChI=1S/C24H31N5OS3/c1-17-14-20(31-2)23(24(25-17)32-3)27-21(30)16-29-10-8-28(9-11-29)12-13-33-22-15-18-6-4-5-7-19(18)26-22/h4-7,14H,8-13,15-16H2,1-3H3,(H,27,30). The normalized spacial score (nSPS) is 16.5. The number of hydrogen-bond donors (Lipinski definition) is 1. The number of nitrogens with zero attached hydrogens (tertiary/aromatic N) is 4. The monoisotopic (exact) mass is 501 g/mol. The van der Waals surface area contributed by atoms with Gasteiger partial charge in [-0.25, -0.2) is 9.98 Å². The zero-order valence-electron chi connectivity index (χ0n) is 19.5. The predicted octanol–water partition coefficient (Wildman–Crippen LogP) is 4.41. The Morgan fingerprint density at radius 3 is 2.58 bits per heavy atom. The average molecular weight is 502 g/mol. The van der Waals surface area contributed by atoms with Crippen molar-refractivity contribution >= 4 is 57.6 Å². The summed E-state index contributed by atoms with van der Waals surface area (Å²) in [6.45, 7) is 7.31. The van der Waals surface area contributed by atoms with E-state index in [9.17, 15) is 4.79 Å². The molecule has 2 aromatic rings. The van der Waals surface area contributed by atoms with Crippen LogP contribution >= 0.6 is 35.3 Å². The summed E-state index contributed by atoms with van der Waals surface area (Å²) in [6, 6.07) is 10.4. The van der Waals surface area contributed by atoms with Gasteiger partial charge in [0, 0.05) is 55.5 Å². The molecule has 1 amide bonds. The smallest absolute Gasteiger partial charge is 0.238 e. The first-order valence-corrected chi connectivity index (χ1v) is 14.6.